The van der Waals surface area contributed by atoms with Gasteiger partial charge in [-0.3, -0.25) is 4.79 Å². The number of Topliss-reactive ketones (excluding diaryl/α,β-unsaturated/α-hetero) is 1. The largest absolute Gasteiger partial charge is 0.299 e. The van der Waals surface area contributed by atoms with Crippen LogP contribution in [0.15, 0.2) is 30.3 Å². The van der Waals surface area contributed by atoms with Crippen molar-refractivity contribution in [1.29, 1.82) is 0 Å². The van der Waals surface area contributed by atoms with Gasteiger partial charge in [0.05, 0.1) is 0 Å². The van der Waals surface area contributed by atoms with Crippen LogP contribution in [0.1, 0.15) is 24.8 Å². The second kappa shape index (κ2) is 2.22. The summed E-state index contributed by atoms with van der Waals surface area (Å²) < 4.78 is 0. The highest BCUT2D eigenvalue weighted by Gasteiger charge is 2.62. The quantitative estimate of drug-likeness (QED) is 0.635. The van der Waals surface area contributed by atoms with E-state index < -0.39 is 0 Å². The van der Waals surface area contributed by atoms with E-state index in [1.807, 2.05) is 6.07 Å². The Kier molecular flexibility index (Phi) is 1.25. The van der Waals surface area contributed by atoms with Crippen molar-refractivity contribution < 1.29 is 4.79 Å². The molecule has 2 aliphatic rings. The zero-order chi connectivity index (χ0) is 8.89. The fourth-order valence-corrected chi connectivity index (χ4v) is 2.76. The summed E-state index contributed by atoms with van der Waals surface area (Å²) >= 11 is 0. The second-order valence-corrected chi connectivity index (χ2v) is 4.25. The first-order valence-electron chi connectivity index (χ1n) is 4.91. The van der Waals surface area contributed by atoms with Crippen LogP contribution in [-0.2, 0) is 10.2 Å². The first kappa shape index (κ1) is 7.31. The van der Waals surface area contributed by atoms with Crippen LogP contribution >= 0.6 is 0 Å². The number of ketones is 1. The summed E-state index contributed by atoms with van der Waals surface area (Å²) in [5.74, 6) is 0.860. The van der Waals surface area contributed by atoms with Gasteiger partial charge in [0, 0.05) is 17.8 Å². The van der Waals surface area contributed by atoms with Gasteiger partial charge in [-0.1, -0.05) is 30.3 Å². The molecule has 1 heteroatoms. The molecule has 0 saturated heterocycles. The third-order valence-electron chi connectivity index (χ3n) is 3.63. The van der Waals surface area contributed by atoms with Crippen molar-refractivity contribution in [2.75, 3.05) is 0 Å². The van der Waals surface area contributed by atoms with Gasteiger partial charge in [-0.25, -0.2) is 0 Å². The van der Waals surface area contributed by atoms with E-state index in [9.17, 15) is 4.79 Å². The molecule has 0 amide bonds. The van der Waals surface area contributed by atoms with Gasteiger partial charge in [0.15, 0.2) is 0 Å². The Hall–Kier alpha value is -1.11. The number of benzene rings is 1. The van der Waals surface area contributed by atoms with Crippen LogP contribution in [0.5, 0.6) is 0 Å². The Bertz CT molecular complexity index is 355. The molecule has 0 spiro atoms. The molecule has 0 aromatic heterocycles. The summed E-state index contributed by atoms with van der Waals surface area (Å²) in [4.78, 5) is 11.4. The molecule has 2 fully saturated rings. The fraction of sp³-hybridized carbons (Fsp3) is 0.417. The molecule has 1 aromatic rings. The molecular weight excluding hydrogens is 160 g/mol. The highest BCUT2D eigenvalue weighted by molar-refractivity contribution is 5.89. The standard InChI is InChI=1S/C12H12O/c13-11-6-7-12(8-10(11)12)9-4-2-1-3-5-9/h1-5,10H,6-8H2. The van der Waals surface area contributed by atoms with E-state index in [1.165, 1.54) is 5.56 Å². The normalized spacial score (nSPS) is 36.0. The van der Waals surface area contributed by atoms with E-state index in [2.05, 4.69) is 24.3 Å². The molecule has 66 valence electrons. The average Bonchev–Trinajstić information content (AvgIpc) is 2.85. The number of hydrogen-bond acceptors (Lipinski definition) is 1. The SMILES string of the molecule is O=C1CCC2(c3ccccc3)CC12. The number of carbonyl (C=O) groups is 1. The molecule has 2 aliphatic carbocycles. The molecule has 0 bridgehead atoms. The maximum absolute atomic E-state index is 11.4. The monoisotopic (exact) mass is 172 g/mol. The van der Waals surface area contributed by atoms with Crippen LogP contribution in [0, 0.1) is 5.92 Å². The van der Waals surface area contributed by atoms with Crippen molar-refractivity contribution in [2.24, 2.45) is 5.92 Å². The van der Waals surface area contributed by atoms with Crippen molar-refractivity contribution in [2.45, 2.75) is 24.7 Å². The van der Waals surface area contributed by atoms with Gasteiger partial charge in [0.25, 0.3) is 0 Å². The molecule has 0 N–H and O–H groups in total. The first-order valence-corrected chi connectivity index (χ1v) is 4.91. The molecule has 13 heavy (non-hydrogen) atoms. The van der Waals surface area contributed by atoms with E-state index in [1.54, 1.807) is 0 Å². The minimum Gasteiger partial charge on any atom is -0.299 e. The topological polar surface area (TPSA) is 17.1 Å². The van der Waals surface area contributed by atoms with Crippen LogP contribution in [0.4, 0.5) is 0 Å². The summed E-state index contributed by atoms with van der Waals surface area (Å²) in [6, 6.07) is 10.5. The summed E-state index contributed by atoms with van der Waals surface area (Å²) in [7, 11) is 0. The lowest BCUT2D eigenvalue weighted by Crippen LogP contribution is -2.04. The van der Waals surface area contributed by atoms with Gasteiger partial charge in [-0.2, -0.15) is 0 Å². The summed E-state index contributed by atoms with van der Waals surface area (Å²) in [5, 5.41) is 0. The third kappa shape index (κ3) is 0.846. The maximum Gasteiger partial charge on any atom is 0.136 e. The van der Waals surface area contributed by atoms with E-state index in [4.69, 9.17) is 0 Å². The van der Waals surface area contributed by atoms with Gasteiger partial charge >= 0.3 is 0 Å². The van der Waals surface area contributed by atoms with Gasteiger partial charge in [0.1, 0.15) is 5.78 Å². The highest BCUT2D eigenvalue weighted by Crippen LogP contribution is 2.62. The summed E-state index contributed by atoms with van der Waals surface area (Å²) in [5.41, 5.74) is 1.66. The Labute approximate surface area is 77.8 Å². The lowest BCUT2D eigenvalue weighted by atomic mass is 9.94. The van der Waals surface area contributed by atoms with Crippen LogP contribution in [0.25, 0.3) is 0 Å². The zero-order valence-corrected chi connectivity index (χ0v) is 7.49. The van der Waals surface area contributed by atoms with Crippen LogP contribution in [-0.4, -0.2) is 5.78 Å². The fourth-order valence-electron chi connectivity index (χ4n) is 2.76. The smallest absolute Gasteiger partial charge is 0.136 e. The van der Waals surface area contributed by atoms with E-state index in [-0.39, 0.29) is 5.41 Å². The molecule has 2 atom stereocenters. The molecule has 1 aromatic carbocycles. The summed E-state index contributed by atoms with van der Waals surface area (Å²) in [6.45, 7) is 0. The molecule has 0 heterocycles. The van der Waals surface area contributed by atoms with Crippen molar-refractivity contribution in [3.63, 3.8) is 0 Å². The summed E-state index contributed by atoms with van der Waals surface area (Å²) in [6.07, 6.45) is 3.00. The van der Waals surface area contributed by atoms with E-state index in [0.717, 1.165) is 19.3 Å². The third-order valence-corrected chi connectivity index (χ3v) is 3.63. The predicted octanol–water partition coefficient (Wildman–Crippen LogP) is 2.31. The van der Waals surface area contributed by atoms with Crippen LogP contribution in [0.2, 0.25) is 0 Å². The van der Waals surface area contributed by atoms with Gasteiger partial charge in [-0.15, -0.1) is 0 Å². The lowest BCUT2D eigenvalue weighted by Gasteiger charge is -2.10. The maximum atomic E-state index is 11.4. The number of carbonyl (C=O) groups excluding carboxylic acids is 1. The van der Waals surface area contributed by atoms with Gasteiger partial charge in [0.2, 0.25) is 0 Å². The van der Waals surface area contributed by atoms with Gasteiger partial charge in [-0.05, 0) is 18.4 Å². The van der Waals surface area contributed by atoms with Crippen molar-refractivity contribution in [3.8, 4) is 0 Å². The molecular formula is C12H12O. The predicted molar refractivity (Wildman–Crippen MR) is 50.5 cm³/mol. The molecule has 2 unspecified atom stereocenters. The lowest BCUT2D eigenvalue weighted by molar-refractivity contribution is -0.119. The minimum absolute atomic E-state index is 0.276. The molecule has 2 saturated carbocycles. The molecule has 1 nitrogen and oxygen atoms in total. The van der Waals surface area contributed by atoms with Crippen molar-refractivity contribution >= 4 is 5.78 Å². The Balaban J connectivity index is 2.01. The Morgan fingerprint density at radius 1 is 1.23 bits per heavy atom. The highest BCUT2D eigenvalue weighted by atomic mass is 16.1. The van der Waals surface area contributed by atoms with Gasteiger partial charge < -0.3 is 0 Å². The Morgan fingerprint density at radius 3 is 2.54 bits per heavy atom. The van der Waals surface area contributed by atoms with Crippen molar-refractivity contribution in [1.82, 2.24) is 0 Å². The second-order valence-electron chi connectivity index (χ2n) is 4.25. The average molecular weight is 172 g/mol. The zero-order valence-electron chi connectivity index (χ0n) is 7.49. The van der Waals surface area contributed by atoms with Crippen LogP contribution in [0.3, 0.4) is 0 Å². The van der Waals surface area contributed by atoms with Crippen LogP contribution < -0.4 is 0 Å². The molecule has 0 aliphatic heterocycles. The van der Waals surface area contributed by atoms with E-state index >= 15 is 0 Å². The van der Waals surface area contributed by atoms with E-state index in [0.29, 0.717) is 11.7 Å². The number of hydrogen-bond donors (Lipinski definition) is 0. The number of fused-ring (bicyclic) bond motifs is 1. The minimum atomic E-state index is 0.276. The first-order chi connectivity index (χ1) is 6.33. The Morgan fingerprint density at radius 2 is 2.00 bits per heavy atom. The molecule has 3 rings (SSSR count). The molecule has 0 radical (unpaired) electrons. The number of rotatable bonds is 1. The van der Waals surface area contributed by atoms with Crippen molar-refractivity contribution in [3.05, 3.63) is 35.9 Å².